The van der Waals surface area contributed by atoms with Gasteiger partial charge in [0.25, 0.3) is 5.91 Å². The van der Waals surface area contributed by atoms with Gasteiger partial charge in [-0.3, -0.25) is 4.79 Å². The summed E-state index contributed by atoms with van der Waals surface area (Å²) in [5.74, 6) is 0.814. The van der Waals surface area contributed by atoms with E-state index in [0.717, 1.165) is 30.1 Å². The first-order chi connectivity index (χ1) is 15.2. The number of hydrogen-bond acceptors (Lipinski definition) is 3. The number of amides is 1. The van der Waals surface area contributed by atoms with E-state index in [1.54, 1.807) is 11.2 Å². The van der Waals surface area contributed by atoms with Gasteiger partial charge in [-0.1, -0.05) is 30.3 Å². The topological polar surface area (TPSA) is 66.5 Å². The molecular weight excluding hydrogens is 388 g/mol. The Kier molecular flexibility index (Phi) is 7.02. The molecule has 1 aromatic heterocycles. The van der Waals surface area contributed by atoms with Crippen molar-refractivity contribution in [2.24, 2.45) is 0 Å². The molecule has 1 fully saturated rings. The molecule has 1 aliphatic heterocycles. The summed E-state index contributed by atoms with van der Waals surface area (Å²) in [5.41, 5.74) is 3.16. The van der Waals surface area contributed by atoms with Gasteiger partial charge in [-0.25, -0.2) is 0 Å². The summed E-state index contributed by atoms with van der Waals surface area (Å²) in [6.07, 6.45) is 1.67. The van der Waals surface area contributed by atoms with Crippen LogP contribution in [-0.4, -0.2) is 45.2 Å². The Labute approximate surface area is 183 Å². The predicted octanol–water partition coefficient (Wildman–Crippen LogP) is 1.30. The molecule has 1 saturated heterocycles. The number of carbonyl (C=O) groups excluding carboxylic acids is 1. The van der Waals surface area contributed by atoms with E-state index in [4.69, 9.17) is 4.42 Å². The molecule has 162 valence electrons. The monoisotopic (exact) mass is 420 g/mol. The van der Waals surface area contributed by atoms with Crippen LogP contribution in [0, 0.1) is 0 Å². The van der Waals surface area contributed by atoms with Gasteiger partial charge in [0.05, 0.1) is 39.0 Å². The smallest absolute Gasteiger partial charge is 0.279 e. The molecule has 1 amide bonds. The third-order valence-corrected chi connectivity index (χ3v) is 6.03. The fraction of sp³-hybridized carbons (Fsp3) is 0.320. The summed E-state index contributed by atoms with van der Waals surface area (Å²) in [7, 11) is 0. The molecule has 6 heteroatoms. The van der Waals surface area contributed by atoms with E-state index in [-0.39, 0.29) is 11.9 Å². The van der Waals surface area contributed by atoms with Crippen molar-refractivity contribution in [1.82, 2.24) is 0 Å². The molecule has 0 saturated carbocycles. The van der Waals surface area contributed by atoms with Crippen molar-refractivity contribution in [1.29, 1.82) is 0 Å². The number of nitrogens with zero attached hydrogens (tertiary/aromatic N) is 1. The average Bonchev–Trinajstić information content (AvgIpc) is 3.35. The van der Waals surface area contributed by atoms with Gasteiger partial charge >= 0.3 is 0 Å². The van der Waals surface area contributed by atoms with E-state index in [2.05, 4.69) is 41.4 Å². The largest absolute Gasteiger partial charge is 0.463 e. The second kappa shape index (κ2) is 10.3. The molecule has 4 rings (SSSR count). The summed E-state index contributed by atoms with van der Waals surface area (Å²) in [6.45, 7) is 8.28. The summed E-state index contributed by atoms with van der Waals surface area (Å²) in [4.78, 5) is 16.7. The Bertz CT molecular complexity index is 933. The summed E-state index contributed by atoms with van der Waals surface area (Å²) >= 11 is 0. The van der Waals surface area contributed by atoms with E-state index < -0.39 is 0 Å². The van der Waals surface area contributed by atoms with E-state index in [9.17, 15) is 4.79 Å². The van der Waals surface area contributed by atoms with Crippen LogP contribution in [0.3, 0.4) is 0 Å². The lowest BCUT2D eigenvalue weighted by molar-refractivity contribution is -0.898. The molecule has 0 radical (unpaired) electrons. The Balaban J connectivity index is 1.32. The van der Waals surface area contributed by atoms with Crippen LogP contribution in [0.25, 0.3) is 0 Å². The van der Waals surface area contributed by atoms with Crippen molar-refractivity contribution in [2.75, 3.05) is 49.5 Å². The number of hydrogen-bond donors (Lipinski definition) is 3. The van der Waals surface area contributed by atoms with Crippen LogP contribution < -0.4 is 20.4 Å². The molecule has 0 spiro atoms. The zero-order chi connectivity index (χ0) is 21.5. The Hall–Kier alpha value is -3.09. The maximum absolute atomic E-state index is 12.6. The molecule has 2 aromatic carbocycles. The summed E-state index contributed by atoms with van der Waals surface area (Å²) in [6, 6.07) is 22.1. The van der Waals surface area contributed by atoms with Crippen LogP contribution in [0.4, 0.5) is 11.4 Å². The minimum Gasteiger partial charge on any atom is -0.463 e. The van der Waals surface area contributed by atoms with Crippen molar-refractivity contribution < 1.29 is 19.4 Å². The van der Waals surface area contributed by atoms with Crippen molar-refractivity contribution in [2.45, 2.75) is 13.0 Å². The normalized spacial score (nSPS) is 15.6. The third-order valence-electron chi connectivity index (χ3n) is 6.03. The lowest BCUT2D eigenvalue weighted by Crippen LogP contribution is -3.14. The van der Waals surface area contributed by atoms with Gasteiger partial charge in [0.2, 0.25) is 0 Å². The quantitative estimate of drug-likeness (QED) is 0.515. The van der Waals surface area contributed by atoms with Crippen molar-refractivity contribution >= 4 is 17.3 Å². The first kappa shape index (κ1) is 21.2. The van der Waals surface area contributed by atoms with Gasteiger partial charge in [0, 0.05) is 16.9 Å². The third kappa shape index (κ3) is 5.54. The van der Waals surface area contributed by atoms with Crippen LogP contribution in [0.5, 0.6) is 0 Å². The van der Waals surface area contributed by atoms with Gasteiger partial charge in [-0.2, -0.15) is 0 Å². The van der Waals surface area contributed by atoms with Gasteiger partial charge in [-0.05, 0) is 43.3 Å². The van der Waals surface area contributed by atoms with Crippen molar-refractivity contribution in [3.05, 3.63) is 84.3 Å². The molecule has 0 unspecified atom stereocenters. The predicted molar refractivity (Wildman–Crippen MR) is 122 cm³/mol. The highest BCUT2D eigenvalue weighted by molar-refractivity contribution is 5.91. The molecule has 2 heterocycles. The fourth-order valence-electron chi connectivity index (χ4n) is 4.17. The van der Waals surface area contributed by atoms with Gasteiger partial charge < -0.3 is 24.9 Å². The van der Waals surface area contributed by atoms with Gasteiger partial charge in [0.15, 0.2) is 18.3 Å². The number of nitrogens with two attached hydrogens (primary N) is 1. The highest BCUT2D eigenvalue weighted by atomic mass is 16.3. The van der Waals surface area contributed by atoms with Crippen molar-refractivity contribution in [3.8, 4) is 0 Å². The SMILES string of the molecule is CC[NH+]1CCN(c2ccc(NC(=O)C[NH2+][C@@H](c3ccccc3)c3ccco3)cc2)CC1. The number of piperazine rings is 1. The second-order valence-electron chi connectivity index (χ2n) is 8.03. The minimum absolute atomic E-state index is 0.0274. The molecule has 4 N–H and O–H groups in total. The molecule has 31 heavy (non-hydrogen) atoms. The lowest BCUT2D eigenvalue weighted by atomic mass is 10.0. The second-order valence-corrected chi connectivity index (χ2v) is 8.03. The first-order valence-corrected chi connectivity index (χ1v) is 11.1. The number of furan rings is 1. The Morgan fingerprint density at radius 2 is 1.81 bits per heavy atom. The maximum Gasteiger partial charge on any atom is 0.279 e. The van der Waals surface area contributed by atoms with Crippen LogP contribution in [0.15, 0.2) is 77.4 Å². The van der Waals surface area contributed by atoms with E-state index in [0.29, 0.717) is 6.54 Å². The number of benzene rings is 2. The standard InChI is InChI=1S/C25H30N4O2/c1-2-28-14-16-29(17-15-28)22-12-10-21(11-13-22)27-24(30)19-26-25(23-9-6-18-31-23)20-7-4-3-5-8-20/h3-13,18,25-26H,2,14-17,19H2,1H3,(H,27,30)/p+2/t25-/m0/s1. The van der Waals surface area contributed by atoms with Crippen LogP contribution in [0.2, 0.25) is 0 Å². The van der Waals surface area contributed by atoms with Crippen LogP contribution in [0.1, 0.15) is 24.3 Å². The first-order valence-electron chi connectivity index (χ1n) is 11.1. The highest BCUT2D eigenvalue weighted by Crippen LogP contribution is 2.19. The summed E-state index contributed by atoms with van der Waals surface area (Å²) < 4.78 is 5.62. The Morgan fingerprint density at radius 1 is 1.06 bits per heavy atom. The van der Waals surface area contributed by atoms with Gasteiger partial charge in [0.1, 0.15) is 0 Å². The molecule has 0 aliphatic carbocycles. The molecule has 6 nitrogen and oxygen atoms in total. The van der Waals surface area contributed by atoms with Crippen LogP contribution >= 0.6 is 0 Å². The number of nitrogens with one attached hydrogen (secondary N) is 2. The minimum atomic E-state index is -0.0479. The zero-order valence-corrected chi connectivity index (χ0v) is 18.1. The van der Waals surface area contributed by atoms with Gasteiger partial charge in [-0.15, -0.1) is 0 Å². The highest BCUT2D eigenvalue weighted by Gasteiger charge is 2.22. The van der Waals surface area contributed by atoms with E-state index in [1.165, 1.54) is 25.3 Å². The van der Waals surface area contributed by atoms with Crippen LogP contribution in [-0.2, 0) is 4.79 Å². The Morgan fingerprint density at radius 3 is 2.45 bits per heavy atom. The molecule has 0 bridgehead atoms. The van der Waals surface area contributed by atoms with E-state index >= 15 is 0 Å². The summed E-state index contributed by atoms with van der Waals surface area (Å²) in [5, 5.41) is 5.02. The maximum atomic E-state index is 12.6. The number of carbonyl (C=O) groups is 1. The number of likely N-dealkylation sites (N-methyl/N-ethyl adjacent to an activating group) is 1. The molecular formula is C25H32N4O2+2. The molecule has 1 aliphatic rings. The fourth-order valence-corrected chi connectivity index (χ4v) is 4.17. The number of quaternary nitrogens is 2. The lowest BCUT2D eigenvalue weighted by Gasteiger charge is -2.33. The van der Waals surface area contributed by atoms with E-state index in [1.807, 2.05) is 47.8 Å². The van der Waals surface area contributed by atoms with Crippen molar-refractivity contribution in [3.63, 3.8) is 0 Å². The number of rotatable bonds is 8. The average molecular weight is 421 g/mol. The molecule has 3 aromatic rings. The zero-order valence-electron chi connectivity index (χ0n) is 18.1. The number of anilines is 2. The molecule has 1 atom stereocenters.